The van der Waals surface area contributed by atoms with Crippen molar-refractivity contribution in [2.24, 2.45) is 0 Å². The predicted molar refractivity (Wildman–Crippen MR) is 64.4 cm³/mol. The Morgan fingerprint density at radius 3 is 2.35 bits per heavy atom. The van der Waals surface area contributed by atoms with Gasteiger partial charge in [-0.1, -0.05) is 12.1 Å². The van der Waals surface area contributed by atoms with Crippen molar-refractivity contribution in [2.45, 2.75) is 32.4 Å². The monoisotopic (exact) mass is 232 g/mol. The van der Waals surface area contributed by atoms with Gasteiger partial charge < -0.3 is 5.11 Å². The van der Waals surface area contributed by atoms with E-state index in [-0.39, 0.29) is 6.04 Å². The summed E-state index contributed by atoms with van der Waals surface area (Å²) in [6, 6.07) is 9.06. The van der Waals surface area contributed by atoms with E-state index in [0.29, 0.717) is 5.56 Å². The van der Waals surface area contributed by atoms with E-state index in [0.717, 1.165) is 5.56 Å². The van der Waals surface area contributed by atoms with E-state index in [2.05, 4.69) is 5.32 Å². The fourth-order valence-corrected chi connectivity index (χ4v) is 1.53. The highest BCUT2D eigenvalue weighted by Crippen LogP contribution is 2.17. The van der Waals surface area contributed by atoms with Gasteiger partial charge in [0.1, 0.15) is 5.54 Å². The van der Waals surface area contributed by atoms with E-state index in [1.54, 1.807) is 26.0 Å². The SMILES string of the molecule is CC(NC(C)(C)C(=O)O)c1ccc(C#N)cc1. The summed E-state index contributed by atoms with van der Waals surface area (Å²) in [5, 5.41) is 20.7. The maximum Gasteiger partial charge on any atom is 0.323 e. The van der Waals surface area contributed by atoms with Crippen molar-refractivity contribution >= 4 is 5.97 Å². The first kappa shape index (κ1) is 13.2. The van der Waals surface area contributed by atoms with E-state index in [9.17, 15) is 4.79 Å². The molecule has 0 spiro atoms. The second-order valence-electron chi connectivity index (χ2n) is 4.53. The number of hydrogen-bond acceptors (Lipinski definition) is 3. The topological polar surface area (TPSA) is 73.1 Å². The van der Waals surface area contributed by atoms with Crippen molar-refractivity contribution in [2.75, 3.05) is 0 Å². The molecule has 0 aliphatic rings. The van der Waals surface area contributed by atoms with Gasteiger partial charge in [-0.25, -0.2) is 0 Å². The van der Waals surface area contributed by atoms with Crippen LogP contribution in [0, 0.1) is 11.3 Å². The fraction of sp³-hybridized carbons (Fsp3) is 0.385. The van der Waals surface area contributed by atoms with Crippen LogP contribution in [0.4, 0.5) is 0 Å². The number of rotatable bonds is 4. The molecular weight excluding hydrogens is 216 g/mol. The maximum atomic E-state index is 11.0. The number of nitrogens with zero attached hydrogens (tertiary/aromatic N) is 1. The number of carbonyl (C=O) groups is 1. The molecule has 0 aliphatic carbocycles. The van der Waals surface area contributed by atoms with E-state index >= 15 is 0 Å². The first-order chi connectivity index (χ1) is 7.86. The fourth-order valence-electron chi connectivity index (χ4n) is 1.53. The van der Waals surface area contributed by atoms with Gasteiger partial charge in [-0.15, -0.1) is 0 Å². The molecule has 0 saturated carbocycles. The molecule has 0 saturated heterocycles. The first-order valence-electron chi connectivity index (χ1n) is 5.38. The van der Waals surface area contributed by atoms with Gasteiger partial charge in [-0.3, -0.25) is 10.1 Å². The van der Waals surface area contributed by atoms with Crippen molar-refractivity contribution in [3.63, 3.8) is 0 Å². The summed E-state index contributed by atoms with van der Waals surface area (Å²) in [4.78, 5) is 11.0. The Balaban J connectivity index is 2.80. The summed E-state index contributed by atoms with van der Waals surface area (Å²) >= 11 is 0. The van der Waals surface area contributed by atoms with Crippen LogP contribution in [0.2, 0.25) is 0 Å². The summed E-state index contributed by atoms with van der Waals surface area (Å²) < 4.78 is 0. The lowest BCUT2D eigenvalue weighted by molar-refractivity contribution is -0.143. The zero-order chi connectivity index (χ0) is 13.1. The van der Waals surface area contributed by atoms with E-state index in [1.165, 1.54) is 0 Å². The number of aliphatic carboxylic acids is 1. The lowest BCUT2D eigenvalue weighted by Gasteiger charge is -2.26. The second kappa shape index (κ2) is 4.98. The van der Waals surface area contributed by atoms with Crippen molar-refractivity contribution in [3.8, 4) is 6.07 Å². The number of carboxylic acid groups (broad SMARTS) is 1. The van der Waals surface area contributed by atoms with Gasteiger partial charge in [-0.05, 0) is 38.5 Å². The van der Waals surface area contributed by atoms with Gasteiger partial charge in [-0.2, -0.15) is 5.26 Å². The average Bonchev–Trinajstić information content (AvgIpc) is 2.28. The zero-order valence-corrected chi connectivity index (χ0v) is 10.2. The third-order valence-electron chi connectivity index (χ3n) is 2.65. The number of nitrogens with one attached hydrogen (secondary N) is 1. The number of hydrogen-bond donors (Lipinski definition) is 2. The minimum absolute atomic E-state index is 0.0890. The molecule has 1 rings (SSSR count). The van der Waals surface area contributed by atoms with Gasteiger partial charge in [0.15, 0.2) is 0 Å². The van der Waals surface area contributed by atoms with E-state index in [1.807, 2.05) is 25.1 Å². The molecule has 1 atom stereocenters. The molecule has 0 heterocycles. The molecule has 17 heavy (non-hydrogen) atoms. The third-order valence-corrected chi connectivity index (χ3v) is 2.65. The number of nitriles is 1. The van der Waals surface area contributed by atoms with Crippen molar-refractivity contribution in [1.29, 1.82) is 5.26 Å². The molecule has 1 unspecified atom stereocenters. The normalized spacial score (nSPS) is 12.8. The van der Waals surface area contributed by atoms with Crippen LogP contribution in [-0.2, 0) is 4.79 Å². The standard InChI is InChI=1S/C13H16N2O2/c1-9(15-13(2,3)12(16)17)11-6-4-10(8-14)5-7-11/h4-7,9,15H,1-3H3,(H,16,17). The van der Waals surface area contributed by atoms with Crippen LogP contribution in [0.15, 0.2) is 24.3 Å². The molecule has 0 aliphatic heterocycles. The molecule has 1 aromatic carbocycles. The molecule has 0 amide bonds. The van der Waals surface area contributed by atoms with Gasteiger partial charge in [0, 0.05) is 6.04 Å². The summed E-state index contributed by atoms with van der Waals surface area (Å²) in [7, 11) is 0. The minimum Gasteiger partial charge on any atom is -0.480 e. The van der Waals surface area contributed by atoms with Crippen LogP contribution in [-0.4, -0.2) is 16.6 Å². The Morgan fingerprint density at radius 1 is 1.41 bits per heavy atom. The largest absolute Gasteiger partial charge is 0.480 e. The Hall–Kier alpha value is -1.86. The van der Waals surface area contributed by atoms with Crippen molar-refractivity contribution in [1.82, 2.24) is 5.32 Å². The molecule has 0 radical (unpaired) electrons. The maximum absolute atomic E-state index is 11.0. The summed E-state index contributed by atoms with van der Waals surface area (Å²) in [6.45, 7) is 5.14. The Labute approximate surface area is 101 Å². The van der Waals surface area contributed by atoms with Crippen molar-refractivity contribution in [3.05, 3.63) is 35.4 Å². The first-order valence-corrected chi connectivity index (χ1v) is 5.38. The Bertz CT molecular complexity index is 443. The summed E-state index contributed by atoms with van der Waals surface area (Å²) in [5.41, 5.74) is 0.574. The van der Waals surface area contributed by atoms with Crippen LogP contribution < -0.4 is 5.32 Å². The van der Waals surface area contributed by atoms with E-state index < -0.39 is 11.5 Å². The van der Waals surface area contributed by atoms with Crippen LogP contribution in [0.3, 0.4) is 0 Å². The highest BCUT2D eigenvalue weighted by molar-refractivity contribution is 5.77. The lowest BCUT2D eigenvalue weighted by atomic mass is 10.0. The Kier molecular flexibility index (Phi) is 3.87. The zero-order valence-electron chi connectivity index (χ0n) is 10.2. The Morgan fingerprint density at radius 2 is 1.94 bits per heavy atom. The number of carboxylic acids is 1. The van der Waals surface area contributed by atoms with Crippen LogP contribution in [0.25, 0.3) is 0 Å². The summed E-state index contributed by atoms with van der Waals surface area (Å²) in [6.07, 6.45) is 0. The molecule has 4 heteroatoms. The molecule has 0 fully saturated rings. The highest BCUT2D eigenvalue weighted by atomic mass is 16.4. The smallest absolute Gasteiger partial charge is 0.323 e. The third kappa shape index (κ3) is 3.30. The van der Waals surface area contributed by atoms with Gasteiger partial charge in [0.25, 0.3) is 0 Å². The van der Waals surface area contributed by atoms with Gasteiger partial charge in [0.05, 0.1) is 11.6 Å². The molecule has 1 aromatic rings. The van der Waals surface area contributed by atoms with Crippen LogP contribution in [0.1, 0.15) is 37.9 Å². The van der Waals surface area contributed by atoms with Gasteiger partial charge in [0.2, 0.25) is 0 Å². The highest BCUT2D eigenvalue weighted by Gasteiger charge is 2.28. The molecular formula is C13H16N2O2. The quantitative estimate of drug-likeness (QED) is 0.833. The average molecular weight is 232 g/mol. The minimum atomic E-state index is -0.979. The molecule has 90 valence electrons. The van der Waals surface area contributed by atoms with Crippen LogP contribution in [0.5, 0.6) is 0 Å². The molecule has 2 N–H and O–H groups in total. The molecule has 0 bridgehead atoms. The summed E-state index contributed by atoms with van der Waals surface area (Å²) in [5.74, 6) is -0.891. The number of benzene rings is 1. The van der Waals surface area contributed by atoms with Crippen molar-refractivity contribution < 1.29 is 9.90 Å². The van der Waals surface area contributed by atoms with E-state index in [4.69, 9.17) is 10.4 Å². The molecule has 0 aromatic heterocycles. The van der Waals surface area contributed by atoms with Crippen LogP contribution >= 0.6 is 0 Å². The second-order valence-corrected chi connectivity index (χ2v) is 4.53. The molecule has 4 nitrogen and oxygen atoms in total. The lowest BCUT2D eigenvalue weighted by Crippen LogP contribution is -2.47. The predicted octanol–water partition coefficient (Wildman–Crippen LogP) is 2.07. The van der Waals surface area contributed by atoms with Gasteiger partial charge >= 0.3 is 5.97 Å².